The number of likely N-dealkylation sites (tertiary alicyclic amines) is 1. The molecule has 128 valence electrons. The van der Waals surface area contributed by atoms with Crippen molar-refractivity contribution in [3.05, 3.63) is 52.2 Å². The predicted molar refractivity (Wildman–Crippen MR) is 97.6 cm³/mol. The number of carbonyl (C=O) groups is 1. The second kappa shape index (κ2) is 8.31. The van der Waals surface area contributed by atoms with E-state index in [0.29, 0.717) is 25.7 Å². The van der Waals surface area contributed by atoms with Crippen molar-refractivity contribution in [1.82, 2.24) is 10.2 Å². The molecule has 2 heterocycles. The Hall–Kier alpha value is -1.85. The average molecular weight is 344 g/mol. The smallest absolute Gasteiger partial charge is 0.234 e. The number of aryl methyl sites for hydroxylation is 1. The molecule has 1 aliphatic heterocycles. The van der Waals surface area contributed by atoms with Gasteiger partial charge in [-0.05, 0) is 55.5 Å². The zero-order valence-corrected chi connectivity index (χ0v) is 14.8. The molecule has 0 radical (unpaired) electrons. The van der Waals surface area contributed by atoms with E-state index in [0.717, 1.165) is 25.1 Å². The Morgan fingerprint density at radius 2 is 2.29 bits per heavy atom. The Balaban J connectivity index is 1.39. The standard InChI is InChI=1S/C19H24N2O2S/c1-15-5-2-6-16(13-15)23-11-9-20-19(22)14-21-10-3-7-17(21)18-8-4-12-24-18/h2,4-6,8,12-13,17H,3,7,9-11,14H2,1H3,(H,20,22). The molecule has 2 aromatic rings. The van der Waals surface area contributed by atoms with Crippen LogP contribution in [0.1, 0.15) is 29.3 Å². The van der Waals surface area contributed by atoms with Gasteiger partial charge in [0, 0.05) is 10.9 Å². The van der Waals surface area contributed by atoms with E-state index in [9.17, 15) is 4.79 Å². The van der Waals surface area contributed by atoms with Gasteiger partial charge in [0.25, 0.3) is 0 Å². The molecule has 0 spiro atoms. The average Bonchev–Trinajstić information content (AvgIpc) is 3.22. The molecule has 1 N–H and O–H groups in total. The third-order valence-electron chi connectivity index (χ3n) is 4.26. The minimum atomic E-state index is 0.0753. The lowest BCUT2D eigenvalue weighted by atomic mass is 10.2. The van der Waals surface area contributed by atoms with Crippen LogP contribution in [0.4, 0.5) is 0 Å². The van der Waals surface area contributed by atoms with Crippen molar-refractivity contribution in [2.45, 2.75) is 25.8 Å². The maximum absolute atomic E-state index is 12.2. The maximum Gasteiger partial charge on any atom is 0.234 e. The largest absolute Gasteiger partial charge is 0.492 e. The van der Waals surface area contributed by atoms with E-state index >= 15 is 0 Å². The fraction of sp³-hybridized carbons (Fsp3) is 0.421. The number of hydrogen-bond acceptors (Lipinski definition) is 4. The molecule has 24 heavy (non-hydrogen) atoms. The Labute approximate surface area is 147 Å². The van der Waals surface area contributed by atoms with E-state index < -0.39 is 0 Å². The number of hydrogen-bond donors (Lipinski definition) is 1. The minimum absolute atomic E-state index is 0.0753. The molecule has 1 atom stereocenters. The van der Waals surface area contributed by atoms with Crippen LogP contribution < -0.4 is 10.1 Å². The topological polar surface area (TPSA) is 41.6 Å². The van der Waals surface area contributed by atoms with Gasteiger partial charge < -0.3 is 10.1 Å². The number of benzene rings is 1. The van der Waals surface area contributed by atoms with E-state index in [1.54, 1.807) is 11.3 Å². The first kappa shape index (κ1) is 17.0. The van der Waals surface area contributed by atoms with Crippen molar-refractivity contribution in [1.29, 1.82) is 0 Å². The van der Waals surface area contributed by atoms with Crippen molar-refractivity contribution in [3.63, 3.8) is 0 Å². The summed E-state index contributed by atoms with van der Waals surface area (Å²) in [5, 5.41) is 5.06. The molecular formula is C19H24N2O2S. The molecule has 3 rings (SSSR count). The number of amides is 1. The van der Waals surface area contributed by atoms with Gasteiger partial charge >= 0.3 is 0 Å². The van der Waals surface area contributed by atoms with Crippen LogP contribution in [0.5, 0.6) is 5.75 Å². The number of thiophene rings is 1. The van der Waals surface area contributed by atoms with E-state index in [4.69, 9.17) is 4.74 Å². The molecule has 5 heteroatoms. The number of nitrogens with zero attached hydrogens (tertiary/aromatic N) is 1. The van der Waals surface area contributed by atoms with Crippen LogP contribution in [0, 0.1) is 6.92 Å². The van der Waals surface area contributed by atoms with E-state index in [1.165, 1.54) is 10.4 Å². The molecule has 1 aromatic carbocycles. The Kier molecular flexibility index (Phi) is 5.88. The summed E-state index contributed by atoms with van der Waals surface area (Å²) in [6.45, 7) is 4.52. The Morgan fingerprint density at radius 3 is 3.08 bits per heavy atom. The highest BCUT2D eigenvalue weighted by Crippen LogP contribution is 2.33. The van der Waals surface area contributed by atoms with Crippen LogP contribution in [0.2, 0.25) is 0 Å². The molecular weight excluding hydrogens is 320 g/mol. The first-order valence-corrected chi connectivity index (χ1v) is 9.34. The summed E-state index contributed by atoms with van der Waals surface area (Å²) < 4.78 is 5.66. The van der Waals surface area contributed by atoms with Crippen LogP contribution in [0.25, 0.3) is 0 Å². The zero-order valence-electron chi connectivity index (χ0n) is 14.0. The lowest BCUT2D eigenvalue weighted by Gasteiger charge is -2.22. The molecule has 4 nitrogen and oxygen atoms in total. The monoisotopic (exact) mass is 344 g/mol. The zero-order chi connectivity index (χ0) is 16.8. The highest BCUT2D eigenvalue weighted by molar-refractivity contribution is 7.10. The molecule has 1 fully saturated rings. The van der Waals surface area contributed by atoms with Gasteiger partial charge in [-0.3, -0.25) is 9.69 Å². The van der Waals surface area contributed by atoms with E-state index in [2.05, 4.69) is 27.7 Å². The van der Waals surface area contributed by atoms with Crippen molar-refractivity contribution < 1.29 is 9.53 Å². The van der Waals surface area contributed by atoms with Crippen molar-refractivity contribution in [2.24, 2.45) is 0 Å². The summed E-state index contributed by atoms with van der Waals surface area (Å²) in [5.41, 5.74) is 1.17. The van der Waals surface area contributed by atoms with Gasteiger partial charge in [0.05, 0.1) is 13.1 Å². The number of carbonyl (C=O) groups excluding carboxylic acids is 1. The quantitative estimate of drug-likeness (QED) is 0.783. The first-order valence-electron chi connectivity index (χ1n) is 8.46. The second-order valence-corrected chi connectivity index (χ2v) is 7.14. The normalized spacial score (nSPS) is 17.8. The summed E-state index contributed by atoms with van der Waals surface area (Å²) in [6.07, 6.45) is 2.30. The van der Waals surface area contributed by atoms with Crippen LogP contribution in [-0.2, 0) is 4.79 Å². The lowest BCUT2D eigenvalue weighted by Crippen LogP contribution is -2.38. The van der Waals surface area contributed by atoms with E-state index in [-0.39, 0.29) is 5.91 Å². The lowest BCUT2D eigenvalue weighted by molar-refractivity contribution is -0.122. The summed E-state index contributed by atoms with van der Waals surface area (Å²) in [7, 11) is 0. The molecule has 0 saturated carbocycles. The van der Waals surface area contributed by atoms with Crippen LogP contribution >= 0.6 is 11.3 Å². The van der Waals surface area contributed by atoms with Crippen molar-refractivity contribution >= 4 is 17.2 Å². The van der Waals surface area contributed by atoms with E-state index in [1.807, 2.05) is 31.2 Å². The van der Waals surface area contributed by atoms with Crippen molar-refractivity contribution in [3.8, 4) is 5.75 Å². The molecule has 0 aliphatic carbocycles. The van der Waals surface area contributed by atoms with Crippen LogP contribution in [-0.4, -0.2) is 37.0 Å². The highest BCUT2D eigenvalue weighted by atomic mass is 32.1. The summed E-state index contributed by atoms with van der Waals surface area (Å²) in [5.74, 6) is 0.924. The Morgan fingerprint density at radius 1 is 1.38 bits per heavy atom. The Bertz CT molecular complexity index is 657. The second-order valence-electron chi connectivity index (χ2n) is 6.16. The van der Waals surface area contributed by atoms with Gasteiger partial charge in [0.15, 0.2) is 0 Å². The molecule has 1 saturated heterocycles. The fourth-order valence-corrected chi connectivity index (χ4v) is 4.02. The van der Waals surface area contributed by atoms with Gasteiger partial charge in [-0.1, -0.05) is 18.2 Å². The van der Waals surface area contributed by atoms with Gasteiger partial charge in [-0.2, -0.15) is 0 Å². The predicted octanol–water partition coefficient (Wildman–Crippen LogP) is 3.39. The fourth-order valence-electron chi connectivity index (χ4n) is 3.12. The number of nitrogens with one attached hydrogen (secondary N) is 1. The van der Waals surface area contributed by atoms with Gasteiger partial charge in [-0.15, -0.1) is 11.3 Å². The number of rotatable bonds is 7. The summed E-state index contributed by atoms with van der Waals surface area (Å²) in [4.78, 5) is 15.8. The SMILES string of the molecule is Cc1cccc(OCCNC(=O)CN2CCCC2c2cccs2)c1. The van der Waals surface area contributed by atoms with Crippen molar-refractivity contribution in [2.75, 3.05) is 26.2 Å². The molecule has 1 unspecified atom stereocenters. The molecule has 1 aromatic heterocycles. The summed E-state index contributed by atoms with van der Waals surface area (Å²) >= 11 is 1.78. The van der Waals surface area contributed by atoms with Gasteiger partial charge in [0.2, 0.25) is 5.91 Å². The third-order valence-corrected chi connectivity index (χ3v) is 5.24. The molecule has 1 amide bonds. The number of ether oxygens (including phenoxy) is 1. The summed E-state index contributed by atoms with van der Waals surface area (Å²) in [6, 6.07) is 12.6. The molecule has 0 bridgehead atoms. The first-order chi connectivity index (χ1) is 11.7. The minimum Gasteiger partial charge on any atom is -0.492 e. The van der Waals surface area contributed by atoms with Crippen LogP contribution in [0.15, 0.2) is 41.8 Å². The highest BCUT2D eigenvalue weighted by Gasteiger charge is 2.27. The van der Waals surface area contributed by atoms with Crippen LogP contribution in [0.3, 0.4) is 0 Å². The third kappa shape index (κ3) is 4.58. The van der Waals surface area contributed by atoms with Gasteiger partial charge in [-0.25, -0.2) is 0 Å². The molecule has 1 aliphatic rings. The maximum atomic E-state index is 12.2. The van der Waals surface area contributed by atoms with Gasteiger partial charge in [0.1, 0.15) is 12.4 Å².